The summed E-state index contributed by atoms with van der Waals surface area (Å²) in [7, 11) is 0. The van der Waals surface area contributed by atoms with Gasteiger partial charge in [0, 0.05) is 31.6 Å². The van der Waals surface area contributed by atoms with Gasteiger partial charge in [0.2, 0.25) is 0 Å². The number of benzene rings is 1. The molecule has 0 radical (unpaired) electrons. The van der Waals surface area contributed by atoms with Gasteiger partial charge in [-0.05, 0) is 12.1 Å². The van der Waals surface area contributed by atoms with E-state index in [-0.39, 0.29) is 17.8 Å². The third-order valence-electron chi connectivity index (χ3n) is 4.90. The molecule has 0 saturated carbocycles. The number of aliphatic hydroxyl groups is 1. The molecular weight excluding hydrogens is 313 g/mol. The second-order valence-corrected chi connectivity index (χ2v) is 6.38. The molecule has 24 heavy (non-hydrogen) atoms. The second kappa shape index (κ2) is 6.16. The first-order chi connectivity index (χ1) is 11.6. The largest absolute Gasteiger partial charge is 0.390 e. The average Bonchev–Trinajstić information content (AvgIpc) is 3.20. The Balaban J connectivity index is 1.52. The first kappa shape index (κ1) is 15.6. The van der Waals surface area contributed by atoms with Crippen molar-refractivity contribution in [2.24, 2.45) is 0 Å². The van der Waals surface area contributed by atoms with Crippen LogP contribution in [0.15, 0.2) is 24.3 Å². The molecule has 0 spiro atoms. The molecule has 2 aromatic rings. The number of halogens is 1. The number of amides is 1. The maximum Gasteiger partial charge on any atom is 0.270 e. The summed E-state index contributed by atoms with van der Waals surface area (Å²) in [5.74, 6) is -0.584. The van der Waals surface area contributed by atoms with Crippen LogP contribution < -0.4 is 0 Å². The number of carbonyl (C=O) groups is 1. The van der Waals surface area contributed by atoms with Crippen LogP contribution in [0.3, 0.4) is 0 Å². The van der Waals surface area contributed by atoms with Crippen molar-refractivity contribution in [2.45, 2.75) is 12.1 Å². The Morgan fingerprint density at radius 2 is 2.08 bits per heavy atom. The standard InChI is InChI=1S/C17H20FN3O3/c18-12-3-1-2-11-8-13(19-16(11)12)17(23)21-9-14(15(22)10-21)20-4-6-24-7-5-20/h1-3,8,14-15,19,22H,4-7,9-10H2/t14-,15-/m1/s1. The van der Waals surface area contributed by atoms with E-state index in [9.17, 15) is 14.3 Å². The van der Waals surface area contributed by atoms with E-state index >= 15 is 0 Å². The number of hydrogen-bond acceptors (Lipinski definition) is 4. The summed E-state index contributed by atoms with van der Waals surface area (Å²) >= 11 is 0. The van der Waals surface area contributed by atoms with Crippen molar-refractivity contribution in [3.05, 3.63) is 35.8 Å². The number of nitrogens with zero attached hydrogens (tertiary/aromatic N) is 2. The minimum absolute atomic E-state index is 0.0704. The van der Waals surface area contributed by atoms with Gasteiger partial charge < -0.3 is 19.7 Å². The lowest BCUT2D eigenvalue weighted by Crippen LogP contribution is -2.49. The molecule has 3 heterocycles. The number of para-hydroxylation sites is 1. The third-order valence-corrected chi connectivity index (χ3v) is 4.90. The molecule has 1 amide bonds. The van der Waals surface area contributed by atoms with Gasteiger partial charge in [-0.3, -0.25) is 9.69 Å². The van der Waals surface area contributed by atoms with Crippen LogP contribution in [0.5, 0.6) is 0 Å². The predicted molar refractivity (Wildman–Crippen MR) is 86.3 cm³/mol. The van der Waals surface area contributed by atoms with Crippen LogP contribution in [0, 0.1) is 5.82 Å². The minimum Gasteiger partial charge on any atom is -0.390 e. The number of rotatable bonds is 2. The summed E-state index contributed by atoms with van der Waals surface area (Å²) < 4.78 is 19.1. The SMILES string of the molecule is O=C(c1cc2cccc(F)c2[nH]1)N1C[C@@H](O)[C@H](N2CCOCC2)C1. The van der Waals surface area contributed by atoms with E-state index in [0.29, 0.717) is 42.9 Å². The van der Waals surface area contributed by atoms with Gasteiger partial charge in [-0.1, -0.05) is 12.1 Å². The molecule has 0 aliphatic carbocycles. The first-order valence-electron chi connectivity index (χ1n) is 8.20. The lowest BCUT2D eigenvalue weighted by Gasteiger charge is -2.33. The molecule has 2 saturated heterocycles. The zero-order chi connectivity index (χ0) is 16.7. The Bertz CT molecular complexity index is 757. The second-order valence-electron chi connectivity index (χ2n) is 6.38. The number of aromatic amines is 1. The molecular formula is C17H20FN3O3. The Hall–Kier alpha value is -1.96. The maximum absolute atomic E-state index is 13.8. The van der Waals surface area contributed by atoms with Crippen LogP contribution in [0.4, 0.5) is 4.39 Å². The fourth-order valence-electron chi connectivity index (χ4n) is 3.61. The monoisotopic (exact) mass is 333 g/mol. The fourth-order valence-corrected chi connectivity index (χ4v) is 3.61. The van der Waals surface area contributed by atoms with Gasteiger partial charge in [-0.2, -0.15) is 0 Å². The van der Waals surface area contributed by atoms with Gasteiger partial charge in [0.15, 0.2) is 0 Å². The molecule has 7 heteroatoms. The first-order valence-corrected chi connectivity index (χ1v) is 8.20. The number of nitrogens with one attached hydrogen (secondary N) is 1. The molecule has 2 fully saturated rings. The Morgan fingerprint density at radius 3 is 2.83 bits per heavy atom. The van der Waals surface area contributed by atoms with E-state index in [1.165, 1.54) is 6.07 Å². The molecule has 1 aromatic carbocycles. The Labute approximate surface area is 138 Å². The van der Waals surface area contributed by atoms with Crippen molar-refractivity contribution < 1.29 is 19.0 Å². The van der Waals surface area contributed by atoms with Crippen molar-refractivity contribution in [1.82, 2.24) is 14.8 Å². The third kappa shape index (κ3) is 2.68. The highest BCUT2D eigenvalue weighted by Crippen LogP contribution is 2.23. The van der Waals surface area contributed by atoms with E-state index in [0.717, 1.165) is 13.1 Å². The summed E-state index contributed by atoms with van der Waals surface area (Å²) in [6.45, 7) is 3.59. The van der Waals surface area contributed by atoms with Crippen molar-refractivity contribution in [2.75, 3.05) is 39.4 Å². The van der Waals surface area contributed by atoms with Gasteiger partial charge in [-0.15, -0.1) is 0 Å². The van der Waals surface area contributed by atoms with E-state index < -0.39 is 6.10 Å². The smallest absolute Gasteiger partial charge is 0.270 e. The van der Waals surface area contributed by atoms with Crippen LogP contribution in [-0.2, 0) is 4.74 Å². The number of β-amino-alcohol motifs (C(OH)–C–C–N with tert-alkyl or cyclic N) is 1. The van der Waals surface area contributed by atoms with E-state index in [2.05, 4.69) is 9.88 Å². The summed E-state index contributed by atoms with van der Waals surface area (Å²) in [4.78, 5) is 19.4. The van der Waals surface area contributed by atoms with Gasteiger partial charge >= 0.3 is 0 Å². The lowest BCUT2D eigenvalue weighted by molar-refractivity contribution is -0.00611. The Morgan fingerprint density at radius 1 is 1.29 bits per heavy atom. The minimum atomic E-state index is -0.576. The van der Waals surface area contributed by atoms with Crippen molar-refractivity contribution in [3.63, 3.8) is 0 Å². The molecule has 2 N–H and O–H groups in total. The van der Waals surface area contributed by atoms with Crippen LogP contribution in [0.1, 0.15) is 10.5 Å². The Kier molecular flexibility index (Phi) is 3.99. The molecule has 2 aliphatic heterocycles. The predicted octanol–water partition coefficient (Wildman–Crippen LogP) is 0.825. The van der Waals surface area contributed by atoms with Crippen molar-refractivity contribution >= 4 is 16.8 Å². The number of H-pyrrole nitrogens is 1. The van der Waals surface area contributed by atoms with Gasteiger partial charge in [0.25, 0.3) is 5.91 Å². The summed E-state index contributed by atoms with van der Waals surface area (Å²) in [5, 5.41) is 11.0. The van der Waals surface area contributed by atoms with E-state index in [4.69, 9.17) is 4.74 Å². The normalized spacial score (nSPS) is 25.5. The lowest BCUT2D eigenvalue weighted by atomic mass is 10.1. The summed E-state index contributed by atoms with van der Waals surface area (Å²) in [5.41, 5.74) is 0.690. The topological polar surface area (TPSA) is 68.8 Å². The quantitative estimate of drug-likeness (QED) is 0.854. The zero-order valence-corrected chi connectivity index (χ0v) is 13.2. The van der Waals surface area contributed by atoms with E-state index in [1.54, 1.807) is 23.1 Å². The number of ether oxygens (including phenoxy) is 1. The van der Waals surface area contributed by atoms with Crippen LogP contribution >= 0.6 is 0 Å². The molecule has 128 valence electrons. The number of likely N-dealkylation sites (tertiary alicyclic amines) is 1. The number of morpholine rings is 1. The molecule has 4 rings (SSSR count). The summed E-state index contributed by atoms with van der Waals surface area (Å²) in [6.07, 6.45) is -0.576. The highest BCUT2D eigenvalue weighted by molar-refractivity contribution is 5.98. The van der Waals surface area contributed by atoms with Gasteiger partial charge in [0.05, 0.1) is 30.9 Å². The average molecular weight is 333 g/mol. The summed E-state index contributed by atoms with van der Waals surface area (Å²) in [6, 6.07) is 6.34. The molecule has 0 bridgehead atoms. The van der Waals surface area contributed by atoms with E-state index in [1.807, 2.05) is 0 Å². The molecule has 1 aromatic heterocycles. The van der Waals surface area contributed by atoms with Crippen LogP contribution in [0.25, 0.3) is 10.9 Å². The van der Waals surface area contributed by atoms with Crippen LogP contribution in [0.2, 0.25) is 0 Å². The highest BCUT2D eigenvalue weighted by Gasteiger charge is 2.38. The molecule has 0 unspecified atom stereocenters. The number of hydrogen-bond donors (Lipinski definition) is 2. The fraction of sp³-hybridized carbons (Fsp3) is 0.471. The van der Waals surface area contributed by atoms with Gasteiger partial charge in [-0.25, -0.2) is 4.39 Å². The highest BCUT2D eigenvalue weighted by atomic mass is 19.1. The maximum atomic E-state index is 13.8. The van der Waals surface area contributed by atoms with Crippen molar-refractivity contribution in [1.29, 1.82) is 0 Å². The number of aromatic nitrogens is 1. The molecule has 2 atom stereocenters. The van der Waals surface area contributed by atoms with Crippen molar-refractivity contribution in [3.8, 4) is 0 Å². The zero-order valence-electron chi connectivity index (χ0n) is 13.2. The number of aliphatic hydroxyl groups excluding tert-OH is 1. The van der Waals surface area contributed by atoms with Crippen LogP contribution in [-0.4, -0.2) is 77.3 Å². The molecule has 2 aliphatic rings. The number of fused-ring (bicyclic) bond motifs is 1. The van der Waals surface area contributed by atoms with Gasteiger partial charge in [0.1, 0.15) is 11.5 Å². The number of carbonyl (C=O) groups excluding carboxylic acids is 1. The molecule has 6 nitrogen and oxygen atoms in total.